The van der Waals surface area contributed by atoms with Crippen LogP contribution in [0.15, 0.2) is 24.3 Å². The van der Waals surface area contributed by atoms with Crippen LogP contribution in [0, 0.1) is 11.8 Å². The maximum absolute atomic E-state index is 14.0. The number of β-amino-alcohol motifs (C(OH)–C–C–N with tert-alkyl or cyclic N) is 1. The number of aliphatic hydroxyl groups is 1. The van der Waals surface area contributed by atoms with Crippen LogP contribution in [0.1, 0.15) is 13.3 Å². The molecule has 192 valence electrons. The van der Waals surface area contributed by atoms with Gasteiger partial charge < -0.3 is 29.3 Å². The average molecular weight is 489 g/mol. The molecule has 0 aromatic rings. The highest BCUT2D eigenvalue weighted by atomic mass is 16.5. The number of hydrogen-bond acceptors (Lipinski definition) is 7. The predicted molar refractivity (Wildman–Crippen MR) is 126 cm³/mol. The molecule has 3 fully saturated rings. The third-order valence-corrected chi connectivity index (χ3v) is 7.95. The quantitative estimate of drug-likeness (QED) is 0.463. The highest BCUT2D eigenvalue weighted by molar-refractivity contribution is 5.99. The van der Waals surface area contributed by atoms with Crippen molar-refractivity contribution in [3.63, 3.8) is 0 Å². The molecule has 0 bridgehead atoms. The molecule has 0 aromatic heterocycles. The number of carbonyl (C=O) groups is 3. The molecule has 3 amide bonds. The van der Waals surface area contributed by atoms with Gasteiger partial charge in [-0.2, -0.15) is 0 Å². The van der Waals surface area contributed by atoms with Crippen molar-refractivity contribution in [2.24, 2.45) is 11.8 Å². The molecule has 5 heterocycles. The number of aliphatic hydroxyl groups excluding tert-OH is 1. The Morgan fingerprint density at radius 1 is 0.971 bits per heavy atom. The van der Waals surface area contributed by atoms with E-state index >= 15 is 0 Å². The molecule has 10 heteroatoms. The summed E-state index contributed by atoms with van der Waals surface area (Å²) in [5, 5.41) is 9.75. The van der Waals surface area contributed by atoms with E-state index in [-0.39, 0.29) is 30.9 Å². The summed E-state index contributed by atoms with van der Waals surface area (Å²) in [5.74, 6) is -2.05. The standard InChI is InChI=1S/C25H36N4O6/c1-2-7-27-8-3-5-18-19(22(27)31)20-23(32)29(12-15-30)21-24(33)28(9-4-6-25(20,21)35-18)11-10-26-13-16-34-17-14-26/h3-6,18-21,30H,2,7-17H2,1H3/t18-,19+,20+,21?,25+/m1/s1. The van der Waals surface area contributed by atoms with Gasteiger partial charge in [0.05, 0.1) is 37.8 Å². The minimum atomic E-state index is -1.22. The van der Waals surface area contributed by atoms with Crippen LogP contribution in [0.3, 0.4) is 0 Å². The van der Waals surface area contributed by atoms with Crippen molar-refractivity contribution in [3.8, 4) is 0 Å². The SMILES string of the molecule is CCCN1CC=C[C@H]2O[C@]34C=CCN(CCN5CCOCC5)C(=O)C3N(CCO)C(=O)[C@@H]4[C@H]2C1=O. The first-order valence-electron chi connectivity index (χ1n) is 12.8. The minimum Gasteiger partial charge on any atom is -0.395 e. The van der Waals surface area contributed by atoms with Gasteiger partial charge in [-0.1, -0.05) is 31.2 Å². The Kier molecular flexibility index (Phi) is 6.98. The van der Waals surface area contributed by atoms with Crippen molar-refractivity contribution in [2.75, 3.05) is 72.2 Å². The number of fused-ring (bicyclic) bond motifs is 2. The number of amides is 3. The molecule has 1 N–H and O–H groups in total. The van der Waals surface area contributed by atoms with Gasteiger partial charge in [0, 0.05) is 52.4 Å². The Hall–Kier alpha value is -2.27. The van der Waals surface area contributed by atoms with E-state index in [4.69, 9.17) is 9.47 Å². The van der Waals surface area contributed by atoms with Crippen LogP contribution in [-0.4, -0.2) is 132 Å². The first kappa shape index (κ1) is 24.4. The lowest BCUT2D eigenvalue weighted by atomic mass is 9.77. The lowest BCUT2D eigenvalue weighted by molar-refractivity contribution is -0.148. The van der Waals surface area contributed by atoms with E-state index in [1.165, 1.54) is 4.90 Å². The molecule has 5 aliphatic heterocycles. The number of nitrogens with zero attached hydrogens (tertiary/aromatic N) is 4. The molecule has 3 saturated heterocycles. The van der Waals surface area contributed by atoms with Crippen LogP contribution in [0.4, 0.5) is 0 Å². The lowest BCUT2D eigenvalue weighted by Crippen LogP contribution is -2.56. The third-order valence-electron chi connectivity index (χ3n) is 7.95. The van der Waals surface area contributed by atoms with Crippen molar-refractivity contribution in [2.45, 2.75) is 31.1 Å². The molecule has 0 radical (unpaired) electrons. The second-order valence-corrected chi connectivity index (χ2v) is 9.95. The van der Waals surface area contributed by atoms with Crippen LogP contribution < -0.4 is 0 Å². The molecule has 0 aromatic carbocycles. The number of carbonyl (C=O) groups excluding carboxylic acids is 3. The van der Waals surface area contributed by atoms with Crippen molar-refractivity contribution in [1.82, 2.24) is 19.6 Å². The molecule has 5 atom stereocenters. The summed E-state index contributed by atoms with van der Waals surface area (Å²) < 4.78 is 12.0. The van der Waals surface area contributed by atoms with Crippen LogP contribution >= 0.6 is 0 Å². The Balaban J connectivity index is 1.45. The van der Waals surface area contributed by atoms with E-state index in [0.717, 1.165) is 26.1 Å². The normalized spacial score (nSPS) is 35.3. The molecule has 5 rings (SSSR count). The van der Waals surface area contributed by atoms with Crippen LogP contribution in [-0.2, 0) is 23.9 Å². The summed E-state index contributed by atoms with van der Waals surface area (Å²) in [6.07, 6.45) is 7.82. The largest absolute Gasteiger partial charge is 0.395 e. The fraction of sp³-hybridized carbons (Fsp3) is 0.720. The molecule has 5 aliphatic rings. The van der Waals surface area contributed by atoms with E-state index < -0.39 is 29.6 Å². The van der Waals surface area contributed by atoms with E-state index in [2.05, 4.69) is 4.90 Å². The summed E-state index contributed by atoms with van der Waals surface area (Å²) >= 11 is 0. The van der Waals surface area contributed by atoms with Gasteiger partial charge in [-0.3, -0.25) is 19.3 Å². The maximum Gasteiger partial charge on any atom is 0.249 e. The van der Waals surface area contributed by atoms with Gasteiger partial charge in [0.15, 0.2) is 0 Å². The number of likely N-dealkylation sites (tertiary alicyclic amines) is 1. The van der Waals surface area contributed by atoms with Crippen molar-refractivity contribution in [1.29, 1.82) is 0 Å². The predicted octanol–water partition coefficient (Wildman–Crippen LogP) is -0.901. The van der Waals surface area contributed by atoms with Gasteiger partial charge in [-0.05, 0) is 6.42 Å². The zero-order valence-corrected chi connectivity index (χ0v) is 20.4. The van der Waals surface area contributed by atoms with Gasteiger partial charge >= 0.3 is 0 Å². The zero-order chi connectivity index (χ0) is 24.6. The van der Waals surface area contributed by atoms with E-state index in [1.54, 1.807) is 9.80 Å². The summed E-state index contributed by atoms with van der Waals surface area (Å²) in [4.78, 5) is 48.6. The smallest absolute Gasteiger partial charge is 0.249 e. The molecule has 0 aliphatic carbocycles. The van der Waals surface area contributed by atoms with E-state index in [9.17, 15) is 19.5 Å². The zero-order valence-electron chi connectivity index (χ0n) is 20.4. The molecule has 1 unspecified atom stereocenters. The monoisotopic (exact) mass is 488 g/mol. The number of hydrogen-bond donors (Lipinski definition) is 1. The lowest BCUT2D eigenvalue weighted by Gasteiger charge is -2.36. The molecular weight excluding hydrogens is 452 g/mol. The van der Waals surface area contributed by atoms with Crippen LogP contribution in [0.5, 0.6) is 0 Å². The fourth-order valence-electron chi connectivity index (χ4n) is 6.34. The topological polar surface area (TPSA) is 103 Å². The second kappa shape index (κ2) is 10.0. The molecule has 35 heavy (non-hydrogen) atoms. The second-order valence-electron chi connectivity index (χ2n) is 9.95. The summed E-state index contributed by atoms with van der Waals surface area (Å²) in [7, 11) is 0. The van der Waals surface area contributed by atoms with Gasteiger partial charge in [-0.15, -0.1) is 0 Å². The first-order chi connectivity index (χ1) is 17.0. The van der Waals surface area contributed by atoms with Crippen molar-refractivity contribution >= 4 is 17.7 Å². The Morgan fingerprint density at radius 2 is 1.71 bits per heavy atom. The highest BCUT2D eigenvalue weighted by Gasteiger charge is 2.71. The molecule has 10 nitrogen and oxygen atoms in total. The van der Waals surface area contributed by atoms with Crippen molar-refractivity contribution in [3.05, 3.63) is 24.3 Å². The summed E-state index contributed by atoms with van der Waals surface area (Å²) in [6.45, 7) is 7.58. The number of ether oxygens (including phenoxy) is 2. The Morgan fingerprint density at radius 3 is 2.46 bits per heavy atom. The number of rotatable bonds is 7. The average Bonchev–Trinajstić information content (AvgIpc) is 3.17. The Bertz CT molecular complexity index is 902. The van der Waals surface area contributed by atoms with Gasteiger partial charge in [0.2, 0.25) is 17.7 Å². The van der Waals surface area contributed by atoms with Crippen molar-refractivity contribution < 1.29 is 29.0 Å². The van der Waals surface area contributed by atoms with E-state index in [0.29, 0.717) is 39.4 Å². The fourth-order valence-corrected chi connectivity index (χ4v) is 6.34. The van der Waals surface area contributed by atoms with Gasteiger partial charge in [0.1, 0.15) is 11.6 Å². The summed E-state index contributed by atoms with van der Waals surface area (Å²) in [5.41, 5.74) is -1.22. The Labute approximate surface area is 206 Å². The summed E-state index contributed by atoms with van der Waals surface area (Å²) in [6, 6.07) is -0.900. The minimum absolute atomic E-state index is 0.0298. The van der Waals surface area contributed by atoms with Crippen LogP contribution in [0.25, 0.3) is 0 Å². The van der Waals surface area contributed by atoms with Crippen LogP contribution in [0.2, 0.25) is 0 Å². The molecule has 0 saturated carbocycles. The third kappa shape index (κ3) is 4.10. The first-order valence-corrected chi connectivity index (χ1v) is 12.8. The maximum atomic E-state index is 14.0. The van der Waals surface area contributed by atoms with E-state index in [1.807, 2.05) is 31.2 Å². The molecule has 1 spiro atoms. The number of morpholine rings is 1. The molecular formula is C25H36N4O6. The van der Waals surface area contributed by atoms with Gasteiger partial charge in [0.25, 0.3) is 0 Å². The van der Waals surface area contributed by atoms with Gasteiger partial charge in [-0.25, -0.2) is 0 Å². The highest BCUT2D eigenvalue weighted by Crippen LogP contribution is 2.53.